The highest BCUT2D eigenvalue weighted by molar-refractivity contribution is 5.96. The van der Waals surface area contributed by atoms with E-state index in [1.165, 1.54) is 0 Å². The molecule has 0 aromatic rings. The topological polar surface area (TPSA) is 90.5 Å². The van der Waals surface area contributed by atoms with Crippen LogP contribution in [0.1, 0.15) is 27.7 Å². The molecular weight excluding hydrogens is 222 g/mol. The average Bonchev–Trinajstić information content (AvgIpc) is 2.27. The molecule has 100 valence electrons. The van der Waals surface area contributed by atoms with Crippen molar-refractivity contribution in [2.75, 3.05) is 13.2 Å². The minimum Gasteiger partial charge on any atom is -0.396 e. The van der Waals surface area contributed by atoms with Crippen LogP contribution in [0.5, 0.6) is 0 Å². The molecule has 0 heterocycles. The maximum Gasteiger partial charge on any atom is 0.321 e. The van der Waals surface area contributed by atoms with Gasteiger partial charge in [0.1, 0.15) is 0 Å². The largest absolute Gasteiger partial charge is 0.396 e. The number of carbonyl (C=O) groups excluding carboxylic acids is 2. The highest BCUT2D eigenvalue weighted by Crippen LogP contribution is 2.01. The van der Waals surface area contributed by atoms with Gasteiger partial charge in [0.15, 0.2) is 0 Å². The van der Waals surface area contributed by atoms with Gasteiger partial charge in [0, 0.05) is 19.2 Å². The Kier molecular flexibility index (Phi) is 7.49. The van der Waals surface area contributed by atoms with Crippen LogP contribution in [0.15, 0.2) is 0 Å². The van der Waals surface area contributed by atoms with Crippen LogP contribution < -0.4 is 16.0 Å². The van der Waals surface area contributed by atoms with E-state index in [9.17, 15) is 9.59 Å². The number of carbonyl (C=O) groups is 2. The van der Waals surface area contributed by atoms with Gasteiger partial charge in [-0.25, -0.2) is 4.79 Å². The predicted molar refractivity (Wildman–Crippen MR) is 65.5 cm³/mol. The van der Waals surface area contributed by atoms with Crippen LogP contribution in [0.2, 0.25) is 0 Å². The van der Waals surface area contributed by atoms with E-state index in [1.807, 2.05) is 13.8 Å². The lowest BCUT2D eigenvalue weighted by atomic mass is 10.0. The predicted octanol–water partition coefficient (Wildman–Crippen LogP) is -0.173. The van der Waals surface area contributed by atoms with E-state index in [4.69, 9.17) is 5.11 Å². The fourth-order valence-corrected chi connectivity index (χ4v) is 1.22. The van der Waals surface area contributed by atoms with Crippen LogP contribution in [-0.2, 0) is 4.79 Å². The van der Waals surface area contributed by atoms with Crippen LogP contribution in [0.4, 0.5) is 4.79 Å². The van der Waals surface area contributed by atoms with Crippen LogP contribution in [0.3, 0.4) is 0 Å². The van der Waals surface area contributed by atoms with Gasteiger partial charge in [-0.2, -0.15) is 0 Å². The number of hydrogen-bond donors (Lipinski definition) is 4. The van der Waals surface area contributed by atoms with E-state index in [1.54, 1.807) is 13.8 Å². The molecule has 0 aromatic heterocycles. The first-order chi connectivity index (χ1) is 7.92. The first-order valence-electron chi connectivity index (χ1n) is 5.87. The first-order valence-corrected chi connectivity index (χ1v) is 5.87. The third-order valence-corrected chi connectivity index (χ3v) is 2.62. The summed E-state index contributed by atoms with van der Waals surface area (Å²) in [7, 11) is 0. The molecule has 0 fully saturated rings. The molecule has 4 N–H and O–H groups in total. The summed E-state index contributed by atoms with van der Waals surface area (Å²) < 4.78 is 0. The monoisotopic (exact) mass is 245 g/mol. The summed E-state index contributed by atoms with van der Waals surface area (Å²) in [5, 5.41) is 16.7. The fraction of sp³-hybridized carbons (Fsp3) is 0.818. The molecule has 0 aromatic carbocycles. The van der Waals surface area contributed by atoms with Gasteiger partial charge in [-0.1, -0.05) is 6.92 Å². The van der Waals surface area contributed by atoms with Crippen molar-refractivity contribution in [1.29, 1.82) is 0 Å². The SMILES string of the molecule is CCNC(=O)NC(=O)C(C)NC(C)C(C)CO. The molecule has 0 bridgehead atoms. The third-order valence-electron chi connectivity index (χ3n) is 2.62. The highest BCUT2D eigenvalue weighted by Gasteiger charge is 2.19. The van der Waals surface area contributed by atoms with Crippen LogP contribution in [0.25, 0.3) is 0 Å². The molecule has 0 rings (SSSR count). The van der Waals surface area contributed by atoms with Gasteiger partial charge < -0.3 is 15.7 Å². The second-order valence-electron chi connectivity index (χ2n) is 4.19. The van der Waals surface area contributed by atoms with Gasteiger partial charge in [0.05, 0.1) is 6.04 Å². The first kappa shape index (κ1) is 15.9. The summed E-state index contributed by atoms with van der Waals surface area (Å²) in [4.78, 5) is 22.7. The average molecular weight is 245 g/mol. The van der Waals surface area contributed by atoms with Gasteiger partial charge in [-0.15, -0.1) is 0 Å². The van der Waals surface area contributed by atoms with Gasteiger partial charge in [-0.3, -0.25) is 10.1 Å². The third kappa shape index (κ3) is 6.23. The van der Waals surface area contributed by atoms with Crippen molar-refractivity contribution < 1.29 is 14.7 Å². The summed E-state index contributed by atoms with van der Waals surface area (Å²) in [5.41, 5.74) is 0. The Bertz CT molecular complexity index is 258. The second-order valence-corrected chi connectivity index (χ2v) is 4.19. The lowest BCUT2D eigenvalue weighted by Gasteiger charge is -2.23. The molecule has 0 spiro atoms. The van der Waals surface area contributed by atoms with Crippen molar-refractivity contribution in [3.05, 3.63) is 0 Å². The molecular formula is C11H23N3O3. The van der Waals surface area contributed by atoms with E-state index < -0.39 is 12.1 Å². The minimum atomic E-state index is -0.492. The quantitative estimate of drug-likeness (QED) is 0.523. The molecule has 0 aliphatic rings. The Morgan fingerprint density at radius 1 is 1.24 bits per heavy atom. The summed E-state index contributed by atoms with van der Waals surface area (Å²) in [6, 6.07) is -0.981. The molecule has 3 atom stereocenters. The standard InChI is InChI=1S/C11H23N3O3/c1-5-12-11(17)14-10(16)9(4)13-8(3)7(2)6-15/h7-9,13,15H,5-6H2,1-4H3,(H2,12,14,16,17). The summed E-state index contributed by atoms with van der Waals surface area (Å²) in [6.07, 6.45) is 0. The van der Waals surface area contributed by atoms with E-state index >= 15 is 0 Å². The number of urea groups is 1. The molecule has 3 amide bonds. The Hall–Kier alpha value is -1.14. The lowest BCUT2D eigenvalue weighted by molar-refractivity contribution is -0.121. The van der Waals surface area contributed by atoms with Crippen LogP contribution >= 0.6 is 0 Å². The normalized spacial score (nSPS) is 15.8. The van der Waals surface area contributed by atoms with E-state index in [0.29, 0.717) is 6.54 Å². The molecule has 6 nitrogen and oxygen atoms in total. The summed E-state index contributed by atoms with van der Waals surface area (Å²) >= 11 is 0. The maximum absolute atomic E-state index is 11.6. The smallest absolute Gasteiger partial charge is 0.321 e. The van der Waals surface area contributed by atoms with E-state index in [2.05, 4.69) is 16.0 Å². The Labute approximate surface area is 102 Å². The number of nitrogens with one attached hydrogen (secondary N) is 3. The number of aliphatic hydroxyl groups is 1. The summed E-state index contributed by atoms with van der Waals surface area (Å²) in [6.45, 7) is 7.74. The number of amides is 3. The molecule has 6 heteroatoms. The molecule has 0 aliphatic heterocycles. The minimum absolute atomic E-state index is 0.00464. The van der Waals surface area contributed by atoms with Gasteiger partial charge in [0.2, 0.25) is 5.91 Å². The Morgan fingerprint density at radius 2 is 1.82 bits per heavy atom. The van der Waals surface area contributed by atoms with Gasteiger partial charge in [-0.05, 0) is 26.7 Å². The van der Waals surface area contributed by atoms with Gasteiger partial charge >= 0.3 is 6.03 Å². The lowest BCUT2D eigenvalue weighted by Crippen LogP contribution is -2.51. The van der Waals surface area contributed by atoms with Crippen molar-refractivity contribution in [2.45, 2.75) is 39.8 Å². The second kappa shape index (κ2) is 8.03. The molecule has 3 unspecified atom stereocenters. The fourth-order valence-electron chi connectivity index (χ4n) is 1.22. The van der Waals surface area contributed by atoms with E-state index in [-0.39, 0.29) is 24.5 Å². The van der Waals surface area contributed by atoms with Crippen LogP contribution in [-0.4, -0.2) is 42.3 Å². The van der Waals surface area contributed by atoms with Crippen molar-refractivity contribution in [1.82, 2.24) is 16.0 Å². The molecule has 17 heavy (non-hydrogen) atoms. The summed E-state index contributed by atoms with van der Waals surface area (Å²) in [5.74, 6) is -0.331. The van der Waals surface area contributed by atoms with Crippen molar-refractivity contribution >= 4 is 11.9 Å². The molecule has 0 radical (unpaired) electrons. The zero-order valence-corrected chi connectivity index (χ0v) is 10.9. The Balaban J connectivity index is 4.09. The molecule has 0 saturated heterocycles. The van der Waals surface area contributed by atoms with Crippen LogP contribution in [0, 0.1) is 5.92 Å². The number of hydrogen-bond acceptors (Lipinski definition) is 4. The van der Waals surface area contributed by atoms with Gasteiger partial charge in [0.25, 0.3) is 0 Å². The highest BCUT2D eigenvalue weighted by atomic mass is 16.3. The zero-order valence-electron chi connectivity index (χ0n) is 10.9. The number of rotatable bonds is 6. The number of imide groups is 1. The van der Waals surface area contributed by atoms with Crippen molar-refractivity contribution in [3.63, 3.8) is 0 Å². The molecule has 0 aliphatic carbocycles. The molecule has 0 saturated carbocycles. The maximum atomic E-state index is 11.6. The van der Waals surface area contributed by atoms with Crippen molar-refractivity contribution in [2.24, 2.45) is 5.92 Å². The number of aliphatic hydroxyl groups excluding tert-OH is 1. The van der Waals surface area contributed by atoms with E-state index in [0.717, 1.165) is 0 Å². The van der Waals surface area contributed by atoms with Crippen molar-refractivity contribution in [3.8, 4) is 0 Å². The Morgan fingerprint density at radius 3 is 2.29 bits per heavy atom. The zero-order chi connectivity index (χ0) is 13.4.